The van der Waals surface area contributed by atoms with Gasteiger partial charge in [0.15, 0.2) is 0 Å². The van der Waals surface area contributed by atoms with Gasteiger partial charge in [-0.1, -0.05) is 66.2 Å². The Labute approximate surface area is 165 Å². The largest absolute Gasteiger partial charge is 0.494 e. The van der Waals surface area contributed by atoms with Crippen molar-refractivity contribution >= 4 is 36.2 Å². The van der Waals surface area contributed by atoms with Crippen molar-refractivity contribution < 1.29 is 4.74 Å². The van der Waals surface area contributed by atoms with E-state index in [1.807, 2.05) is 47.2 Å². The Hall–Kier alpha value is -2.23. The molecule has 0 aliphatic heterocycles. The quantitative estimate of drug-likeness (QED) is 0.266. The Kier molecular flexibility index (Phi) is 8.26. The number of hydrogen-bond donors (Lipinski definition) is 0. The van der Waals surface area contributed by atoms with Crippen molar-refractivity contribution in [3.63, 3.8) is 0 Å². The molecule has 0 saturated heterocycles. The maximum atomic E-state index is 6.31. The number of hydrogen-bond acceptors (Lipinski definition) is 2. The van der Waals surface area contributed by atoms with E-state index in [-0.39, 0.29) is 17.9 Å². The lowest BCUT2D eigenvalue weighted by Gasteiger charge is -2.11. The second kappa shape index (κ2) is 10.7. The molecule has 0 bridgehead atoms. The first-order chi connectivity index (χ1) is 12.3. The summed E-state index contributed by atoms with van der Waals surface area (Å²) in [6, 6.07) is 18.4. The van der Waals surface area contributed by atoms with Crippen LogP contribution in [0.1, 0.15) is 29.5 Å². The molecule has 3 rings (SSSR count). The summed E-state index contributed by atoms with van der Waals surface area (Å²) in [5.41, 5.74) is 2.22. The van der Waals surface area contributed by atoms with Gasteiger partial charge in [0.05, 0.1) is 12.9 Å². The van der Waals surface area contributed by atoms with Crippen molar-refractivity contribution in [1.29, 1.82) is 0 Å². The van der Waals surface area contributed by atoms with Crippen LogP contribution < -0.4 is 4.74 Å². The molecular weight excluding hydrogens is 367 g/mol. The third-order valence-electron chi connectivity index (χ3n) is 3.83. The van der Waals surface area contributed by atoms with Gasteiger partial charge in [0, 0.05) is 12.4 Å². The van der Waals surface area contributed by atoms with E-state index < -0.39 is 0 Å². The van der Waals surface area contributed by atoms with Crippen LogP contribution in [-0.4, -0.2) is 16.2 Å². The minimum Gasteiger partial charge on any atom is -0.494 e. The Morgan fingerprint density at radius 2 is 1.81 bits per heavy atom. The second-order valence-electron chi connectivity index (χ2n) is 5.75. The Balaban J connectivity index is 0.00000243. The smallest absolute Gasteiger partial charge is 0.119 e. The highest BCUT2D eigenvalue weighted by atomic mass is 35.5. The Morgan fingerprint density at radius 1 is 1.04 bits per heavy atom. The zero-order valence-corrected chi connectivity index (χ0v) is 15.9. The molecule has 136 valence electrons. The Bertz CT molecular complexity index is 789. The molecule has 1 atom stereocenters. The van der Waals surface area contributed by atoms with Crippen LogP contribution in [0, 0.1) is 0 Å². The summed E-state index contributed by atoms with van der Waals surface area (Å²) >= 11 is 6.31. The highest BCUT2D eigenvalue weighted by Gasteiger charge is 2.05. The average molecular weight is 389 g/mol. The molecule has 0 spiro atoms. The van der Waals surface area contributed by atoms with Crippen LogP contribution in [-0.2, 0) is 0 Å². The molecule has 0 fully saturated rings. The number of imidazole rings is 1. The topological polar surface area (TPSA) is 27.1 Å². The number of benzene rings is 2. The van der Waals surface area contributed by atoms with E-state index in [4.69, 9.17) is 16.3 Å². The lowest BCUT2D eigenvalue weighted by atomic mass is 10.1. The summed E-state index contributed by atoms with van der Waals surface area (Å²) in [5, 5.41) is 0. The van der Waals surface area contributed by atoms with Crippen LogP contribution in [0.4, 0.5) is 0 Å². The summed E-state index contributed by atoms with van der Waals surface area (Å²) < 4.78 is 7.75. The van der Waals surface area contributed by atoms with Crippen molar-refractivity contribution in [3.05, 3.63) is 84.4 Å². The van der Waals surface area contributed by atoms with Gasteiger partial charge in [0.1, 0.15) is 11.3 Å². The molecule has 26 heavy (non-hydrogen) atoms. The summed E-state index contributed by atoms with van der Waals surface area (Å²) in [5.74, 6) is 0.879. The van der Waals surface area contributed by atoms with E-state index in [1.165, 1.54) is 5.56 Å². The SMILES string of the molecule is Cl.ClC(CCCOc1cccc(/C=C/c2ccccc2)c1)n1ccnc1. The number of rotatable bonds is 8. The molecule has 0 radical (unpaired) electrons. The lowest BCUT2D eigenvalue weighted by Crippen LogP contribution is -2.03. The third kappa shape index (κ3) is 6.25. The predicted octanol–water partition coefficient (Wildman–Crippen LogP) is 6.07. The summed E-state index contributed by atoms with van der Waals surface area (Å²) in [7, 11) is 0. The minimum absolute atomic E-state index is 0. The summed E-state index contributed by atoms with van der Waals surface area (Å²) in [4.78, 5) is 4.01. The fraction of sp³-hybridized carbons (Fsp3) is 0.190. The number of aromatic nitrogens is 2. The molecule has 1 aromatic heterocycles. The van der Waals surface area contributed by atoms with Gasteiger partial charge < -0.3 is 9.30 Å². The van der Waals surface area contributed by atoms with E-state index in [0.717, 1.165) is 24.2 Å². The van der Waals surface area contributed by atoms with Gasteiger partial charge in [0.2, 0.25) is 0 Å². The number of halogens is 2. The van der Waals surface area contributed by atoms with Crippen molar-refractivity contribution in [3.8, 4) is 5.75 Å². The highest BCUT2D eigenvalue weighted by molar-refractivity contribution is 6.19. The fourth-order valence-electron chi connectivity index (χ4n) is 2.49. The van der Waals surface area contributed by atoms with Gasteiger partial charge in [-0.2, -0.15) is 0 Å². The minimum atomic E-state index is -0.0776. The number of ether oxygens (including phenoxy) is 1. The predicted molar refractivity (Wildman–Crippen MR) is 111 cm³/mol. The zero-order chi connectivity index (χ0) is 17.3. The first-order valence-electron chi connectivity index (χ1n) is 8.39. The standard InChI is InChI=1S/C21H21ClN2O.ClH/c22-21(24-14-13-23-17-24)10-5-15-25-20-9-4-8-19(16-20)12-11-18-6-2-1-3-7-18;/h1-4,6-9,11-14,16-17,21H,5,10,15H2;1H/b12-11+;. The van der Waals surface area contributed by atoms with Gasteiger partial charge in [-0.3, -0.25) is 0 Å². The Morgan fingerprint density at radius 3 is 2.58 bits per heavy atom. The third-order valence-corrected chi connectivity index (χ3v) is 4.27. The summed E-state index contributed by atoms with van der Waals surface area (Å²) in [6.07, 6.45) is 11.3. The van der Waals surface area contributed by atoms with Gasteiger partial charge in [-0.05, 0) is 36.1 Å². The molecule has 3 aromatic rings. The van der Waals surface area contributed by atoms with Gasteiger partial charge in [-0.15, -0.1) is 12.4 Å². The second-order valence-corrected chi connectivity index (χ2v) is 6.26. The maximum Gasteiger partial charge on any atom is 0.119 e. The van der Waals surface area contributed by atoms with E-state index in [9.17, 15) is 0 Å². The first kappa shape index (κ1) is 20.1. The lowest BCUT2D eigenvalue weighted by molar-refractivity contribution is 0.301. The molecule has 0 saturated carbocycles. The van der Waals surface area contributed by atoms with Crippen LogP contribution in [0.3, 0.4) is 0 Å². The zero-order valence-electron chi connectivity index (χ0n) is 14.4. The van der Waals surface area contributed by atoms with E-state index in [0.29, 0.717) is 6.61 Å². The molecule has 0 N–H and O–H groups in total. The molecule has 2 aromatic carbocycles. The van der Waals surface area contributed by atoms with E-state index >= 15 is 0 Å². The molecule has 0 aliphatic carbocycles. The molecule has 3 nitrogen and oxygen atoms in total. The van der Waals surface area contributed by atoms with E-state index in [1.54, 1.807) is 12.5 Å². The van der Waals surface area contributed by atoms with Crippen molar-refractivity contribution in [1.82, 2.24) is 9.55 Å². The van der Waals surface area contributed by atoms with Crippen LogP contribution in [0.5, 0.6) is 5.75 Å². The van der Waals surface area contributed by atoms with Gasteiger partial charge in [0.25, 0.3) is 0 Å². The molecule has 1 heterocycles. The van der Waals surface area contributed by atoms with Crippen LogP contribution in [0.15, 0.2) is 73.3 Å². The van der Waals surface area contributed by atoms with Gasteiger partial charge in [-0.25, -0.2) is 4.98 Å². The molecule has 0 amide bonds. The van der Waals surface area contributed by atoms with Crippen molar-refractivity contribution in [2.45, 2.75) is 18.3 Å². The number of nitrogens with zero attached hydrogens (tertiary/aromatic N) is 2. The fourth-order valence-corrected chi connectivity index (χ4v) is 2.76. The highest BCUT2D eigenvalue weighted by Crippen LogP contribution is 2.20. The molecule has 1 unspecified atom stereocenters. The molecule has 5 heteroatoms. The van der Waals surface area contributed by atoms with Crippen LogP contribution >= 0.6 is 24.0 Å². The van der Waals surface area contributed by atoms with Gasteiger partial charge >= 0.3 is 0 Å². The first-order valence-corrected chi connectivity index (χ1v) is 8.82. The summed E-state index contributed by atoms with van der Waals surface area (Å²) in [6.45, 7) is 0.643. The maximum absolute atomic E-state index is 6.31. The average Bonchev–Trinajstić information content (AvgIpc) is 3.19. The number of alkyl halides is 1. The van der Waals surface area contributed by atoms with Crippen LogP contribution in [0.2, 0.25) is 0 Å². The van der Waals surface area contributed by atoms with Crippen molar-refractivity contribution in [2.75, 3.05) is 6.61 Å². The molecular formula is C21H22Cl2N2O. The van der Waals surface area contributed by atoms with Crippen molar-refractivity contribution in [2.24, 2.45) is 0 Å². The van der Waals surface area contributed by atoms with Crippen LogP contribution in [0.25, 0.3) is 12.2 Å². The monoisotopic (exact) mass is 388 g/mol. The van der Waals surface area contributed by atoms with E-state index in [2.05, 4.69) is 35.3 Å². The normalized spacial score (nSPS) is 11.9. The molecule has 0 aliphatic rings.